The summed E-state index contributed by atoms with van der Waals surface area (Å²) in [5, 5.41) is 6.45. The maximum absolute atomic E-state index is 14.9. The fraction of sp³-hybridized carbons (Fsp3) is 0.479. The third-order valence-corrected chi connectivity index (χ3v) is 15.0. The van der Waals surface area contributed by atoms with Crippen LogP contribution in [-0.2, 0) is 35.6 Å². The van der Waals surface area contributed by atoms with E-state index < -0.39 is 78.7 Å². The Bertz CT molecular complexity index is 2550. The zero-order valence-corrected chi connectivity index (χ0v) is 37.8. The van der Waals surface area contributed by atoms with Gasteiger partial charge < -0.3 is 29.7 Å². The average molecular weight is 880 g/mol. The second kappa shape index (κ2) is 15.8. The Hall–Kier alpha value is -5.70. The van der Waals surface area contributed by atoms with Crippen LogP contribution in [0.4, 0.5) is 4.79 Å². The normalized spacial score (nSPS) is 22.4. The maximum atomic E-state index is 14.9. The molecule has 0 bridgehead atoms. The molecule has 3 aromatic carbocycles. The summed E-state index contributed by atoms with van der Waals surface area (Å²) in [6.45, 7) is 10.5. The van der Waals surface area contributed by atoms with Crippen molar-refractivity contribution in [1.29, 1.82) is 0 Å². The highest BCUT2D eigenvalue weighted by Crippen LogP contribution is 2.73. The minimum absolute atomic E-state index is 0.0324. The minimum Gasteiger partial charge on any atom is -0.497 e. The lowest BCUT2D eigenvalue weighted by atomic mass is 9.85. The lowest BCUT2D eigenvalue weighted by Gasteiger charge is -2.36. The molecule has 4 aromatic rings. The summed E-state index contributed by atoms with van der Waals surface area (Å²) in [4.78, 5) is 63.5. The summed E-state index contributed by atoms with van der Waals surface area (Å²) < 4.78 is 47.0. The van der Waals surface area contributed by atoms with Gasteiger partial charge in [-0.2, -0.15) is 0 Å². The Balaban J connectivity index is 1.10. The number of alkyl carbamates (subject to hydrolysis) is 1. The van der Waals surface area contributed by atoms with Gasteiger partial charge in [0.05, 0.1) is 29.6 Å². The highest BCUT2D eigenvalue weighted by Gasteiger charge is 2.79. The van der Waals surface area contributed by atoms with Crippen LogP contribution in [0.1, 0.15) is 85.6 Å². The molecule has 1 spiro atoms. The third kappa shape index (κ3) is 8.81. The van der Waals surface area contributed by atoms with E-state index in [1.807, 2.05) is 78.9 Å². The monoisotopic (exact) mass is 879 g/mol. The molecular formula is C48H57N5O9S. The number of benzene rings is 3. The van der Waals surface area contributed by atoms with E-state index in [1.165, 1.54) is 4.90 Å². The number of rotatable bonds is 13. The molecule has 1 aromatic heterocycles. The number of nitrogens with one attached hydrogen (secondary N) is 3. The van der Waals surface area contributed by atoms with Gasteiger partial charge in [0.1, 0.15) is 40.8 Å². The van der Waals surface area contributed by atoms with Crippen LogP contribution in [-0.4, -0.2) is 89.8 Å². The predicted octanol–water partition coefficient (Wildman–Crippen LogP) is 6.46. The number of carbonyl (C=O) groups is 4. The summed E-state index contributed by atoms with van der Waals surface area (Å²) in [5.41, 5.74) is -0.754. The summed E-state index contributed by atoms with van der Waals surface area (Å²) in [6.07, 6.45) is 1.17. The van der Waals surface area contributed by atoms with Gasteiger partial charge in [0.25, 0.3) is 5.91 Å². The molecule has 4 amide bonds. The number of ether oxygens (including phenoxy) is 3. The molecule has 3 N–H and O–H groups in total. The van der Waals surface area contributed by atoms with Gasteiger partial charge in [-0.3, -0.25) is 19.1 Å². The van der Waals surface area contributed by atoms with Gasteiger partial charge in [-0.25, -0.2) is 18.2 Å². The van der Waals surface area contributed by atoms with E-state index in [1.54, 1.807) is 54.7 Å². The van der Waals surface area contributed by atoms with Crippen LogP contribution in [0.25, 0.3) is 22.2 Å². The third-order valence-electron chi connectivity index (χ3n) is 12.9. The molecular weight excluding hydrogens is 823 g/mol. The molecule has 14 nitrogen and oxygen atoms in total. The molecule has 4 atom stereocenters. The van der Waals surface area contributed by atoms with Crippen LogP contribution in [0.3, 0.4) is 0 Å². The number of carbonyl (C=O) groups excluding carboxylic acids is 4. The Morgan fingerprint density at radius 1 is 0.889 bits per heavy atom. The number of amides is 4. The zero-order valence-electron chi connectivity index (χ0n) is 36.9. The van der Waals surface area contributed by atoms with Crippen molar-refractivity contribution in [3.8, 4) is 22.8 Å². The zero-order chi connectivity index (χ0) is 45.2. The molecule has 3 saturated carbocycles. The molecule has 63 heavy (non-hydrogen) atoms. The second-order valence-corrected chi connectivity index (χ2v) is 21.9. The molecule has 8 rings (SSSR count). The number of methoxy groups -OCH3 is 1. The number of hydrogen-bond donors (Lipinski definition) is 3. The molecule has 3 aliphatic carbocycles. The van der Waals surface area contributed by atoms with Crippen molar-refractivity contribution in [3.63, 3.8) is 0 Å². The number of pyridine rings is 1. The van der Waals surface area contributed by atoms with Crippen molar-refractivity contribution in [3.05, 3.63) is 90.5 Å². The Labute approximate surface area is 368 Å². The van der Waals surface area contributed by atoms with Crippen LogP contribution >= 0.6 is 0 Å². The summed E-state index contributed by atoms with van der Waals surface area (Å²) in [7, 11) is -2.56. The highest BCUT2D eigenvalue weighted by atomic mass is 32.2. The van der Waals surface area contributed by atoms with Gasteiger partial charge in [0, 0.05) is 34.9 Å². The lowest BCUT2D eigenvalue weighted by molar-refractivity contribution is -0.143. The van der Waals surface area contributed by atoms with Gasteiger partial charge in [-0.1, -0.05) is 81.4 Å². The standard InChI is InChI=1S/C48H57N5O9S/c1-44(2,3)39(50-43(57)62-45(4,5)6)41(55)53-28-33(61-38-26-35(31-16-12-9-13-17-31)49-36-24-32(60-7)18-19-34(36)38)25-37(53)40(54)51-48(29-46(48)20-21-46)42(56)52-63(58,59)47(22-23-47)27-30-14-10-8-11-15-30/h8-19,24,26,33,37,39H,20-23,25,27-29H2,1-7H3,(H,50,57)(H,51,54)(H,52,56). The SMILES string of the molecule is COc1ccc2c(OC3CC(C(=O)NC4(C(=O)NS(=O)(=O)C5(Cc6ccccc6)CC5)CC45CC5)N(C(=O)C(NC(=O)OC(C)(C)C)C(C)(C)C)C3)cc(-c3ccccc3)nc2c1. The molecule has 334 valence electrons. The summed E-state index contributed by atoms with van der Waals surface area (Å²) in [5.74, 6) is -0.834. The van der Waals surface area contributed by atoms with Gasteiger partial charge in [-0.05, 0) is 82.4 Å². The van der Waals surface area contributed by atoms with E-state index in [-0.39, 0.29) is 25.8 Å². The van der Waals surface area contributed by atoms with Crippen molar-refractivity contribution in [2.45, 2.75) is 121 Å². The summed E-state index contributed by atoms with van der Waals surface area (Å²) in [6, 6.07) is 23.9. The molecule has 1 aliphatic heterocycles. The van der Waals surface area contributed by atoms with E-state index in [0.717, 1.165) is 11.1 Å². The largest absolute Gasteiger partial charge is 0.497 e. The van der Waals surface area contributed by atoms with Crippen molar-refractivity contribution in [2.24, 2.45) is 10.8 Å². The molecule has 1 saturated heterocycles. The van der Waals surface area contributed by atoms with E-state index in [4.69, 9.17) is 19.2 Å². The predicted molar refractivity (Wildman–Crippen MR) is 237 cm³/mol. The van der Waals surface area contributed by atoms with Crippen LogP contribution < -0.4 is 24.8 Å². The maximum Gasteiger partial charge on any atom is 0.408 e. The van der Waals surface area contributed by atoms with Crippen LogP contribution in [0.2, 0.25) is 0 Å². The number of sulfonamides is 1. The first-order valence-corrected chi connectivity index (χ1v) is 23.1. The Kier molecular flexibility index (Phi) is 11.0. The average Bonchev–Trinajstić information content (AvgIpc) is 4.19. The molecule has 2 heterocycles. The number of nitrogens with zero attached hydrogens (tertiary/aromatic N) is 2. The molecule has 4 unspecified atom stereocenters. The van der Waals surface area contributed by atoms with Crippen LogP contribution in [0, 0.1) is 10.8 Å². The van der Waals surface area contributed by atoms with E-state index >= 15 is 0 Å². The topological polar surface area (TPSA) is 182 Å². The van der Waals surface area contributed by atoms with Crippen LogP contribution in [0.5, 0.6) is 11.5 Å². The number of aromatic nitrogens is 1. The van der Waals surface area contributed by atoms with Gasteiger partial charge in [0.15, 0.2) is 0 Å². The van der Waals surface area contributed by atoms with E-state index in [0.29, 0.717) is 53.8 Å². The van der Waals surface area contributed by atoms with Crippen molar-refractivity contribution >= 4 is 44.7 Å². The molecule has 4 fully saturated rings. The number of hydrogen-bond acceptors (Lipinski definition) is 10. The van der Waals surface area contributed by atoms with Gasteiger partial charge in [-0.15, -0.1) is 0 Å². The van der Waals surface area contributed by atoms with Crippen molar-refractivity contribution in [1.82, 2.24) is 25.2 Å². The fourth-order valence-electron chi connectivity index (χ4n) is 8.98. The molecule has 15 heteroatoms. The van der Waals surface area contributed by atoms with Crippen molar-refractivity contribution in [2.75, 3.05) is 13.7 Å². The Morgan fingerprint density at radius 3 is 2.14 bits per heavy atom. The first-order valence-electron chi connectivity index (χ1n) is 21.6. The van der Waals surface area contributed by atoms with Gasteiger partial charge in [0.2, 0.25) is 21.8 Å². The van der Waals surface area contributed by atoms with E-state index in [9.17, 15) is 27.6 Å². The smallest absolute Gasteiger partial charge is 0.408 e. The number of fused-ring (bicyclic) bond motifs is 1. The second-order valence-electron chi connectivity index (χ2n) is 19.8. The fourth-order valence-corrected chi connectivity index (χ4v) is 10.6. The first kappa shape index (κ1) is 43.9. The van der Waals surface area contributed by atoms with E-state index in [2.05, 4.69) is 15.4 Å². The highest BCUT2D eigenvalue weighted by molar-refractivity contribution is 7.91. The minimum atomic E-state index is -4.13. The molecule has 0 radical (unpaired) electrons. The number of likely N-dealkylation sites (tertiary alicyclic amines) is 1. The summed E-state index contributed by atoms with van der Waals surface area (Å²) >= 11 is 0. The van der Waals surface area contributed by atoms with Crippen LogP contribution in [0.15, 0.2) is 84.9 Å². The molecule has 4 aliphatic rings. The Morgan fingerprint density at radius 2 is 1.56 bits per heavy atom. The first-order chi connectivity index (χ1) is 29.7. The lowest BCUT2D eigenvalue weighted by Crippen LogP contribution is -2.60. The quantitative estimate of drug-likeness (QED) is 0.135. The van der Waals surface area contributed by atoms with Gasteiger partial charge >= 0.3 is 6.09 Å². The van der Waals surface area contributed by atoms with Crippen molar-refractivity contribution < 1.29 is 41.8 Å².